The molecule has 2 atom stereocenters. The van der Waals surface area contributed by atoms with Crippen molar-refractivity contribution >= 4 is 17.5 Å². The summed E-state index contributed by atoms with van der Waals surface area (Å²) < 4.78 is 0. The molecule has 4 heteroatoms. The highest BCUT2D eigenvalue weighted by Crippen LogP contribution is 2.37. The first kappa shape index (κ1) is 29.6. The Morgan fingerprint density at radius 3 is 1.74 bits per heavy atom. The molecule has 1 aliphatic rings. The minimum absolute atomic E-state index is 0.0309. The Morgan fingerprint density at radius 2 is 1.20 bits per heavy atom. The summed E-state index contributed by atoms with van der Waals surface area (Å²) in [5, 5.41) is 3.03. The number of rotatable bonds is 4. The molecule has 1 heterocycles. The van der Waals surface area contributed by atoms with Crippen molar-refractivity contribution in [1.29, 1.82) is 0 Å². The van der Waals surface area contributed by atoms with E-state index in [0.29, 0.717) is 12.1 Å². The Kier molecular flexibility index (Phi) is 14.5. The molecule has 1 fully saturated rings. The van der Waals surface area contributed by atoms with Crippen LogP contribution in [0, 0.1) is 5.92 Å². The second kappa shape index (κ2) is 17.1. The molecule has 0 radical (unpaired) electrons. The average molecular weight is 475 g/mol. The normalized spacial score (nSPS) is 16.1. The van der Waals surface area contributed by atoms with E-state index in [1.165, 1.54) is 0 Å². The van der Waals surface area contributed by atoms with E-state index in [4.69, 9.17) is 0 Å². The molecule has 4 rings (SSSR count). The van der Waals surface area contributed by atoms with Crippen molar-refractivity contribution in [3.63, 3.8) is 0 Å². The molecule has 188 valence electrons. The van der Waals surface area contributed by atoms with Crippen LogP contribution < -0.4 is 5.32 Å². The van der Waals surface area contributed by atoms with Crippen LogP contribution in [-0.2, 0) is 4.79 Å². The summed E-state index contributed by atoms with van der Waals surface area (Å²) >= 11 is 0. The van der Waals surface area contributed by atoms with Gasteiger partial charge in [0.25, 0.3) is 5.91 Å². The molecule has 1 aliphatic heterocycles. The van der Waals surface area contributed by atoms with E-state index in [0.717, 1.165) is 24.1 Å². The fourth-order valence-electron chi connectivity index (χ4n) is 4.06. The molecule has 0 aromatic heterocycles. The van der Waals surface area contributed by atoms with Crippen molar-refractivity contribution in [3.8, 4) is 0 Å². The molecule has 3 aromatic rings. The molecule has 0 aliphatic carbocycles. The summed E-state index contributed by atoms with van der Waals surface area (Å²) in [5.41, 5.74) is 2.41. The average Bonchev–Trinajstić information content (AvgIpc) is 2.97. The van der Waals surface area contributed by atoms with Gasteiger partial charge in [0, 0.05) is 17.8 Å². The van der Waals surface area contributed by atoms with E-state index < -0.39 is 0 Å². The standard InChI is InChI=1S/C25H24N2O2.3C2H6/c28-24(26-21-15-8-3-9-16-21)22-17-10-18-27(23(22)19-11-4-1-5-12-19)25(29)20-13-6-2-7-14-20;3*1-2/h1-9,11-16,22-23H,10,17-18H2,(H,26,28);3*1-2H3/t22-,23-;;;/m0.../s1. The summed E-state index contributed by atoms with van der Waals surface area (Å²) in [6.07, 6.45) is 1.55. The molecule has 0 unspecified atom stereocenters. The van der Waals surface area contributed by atoms with E-state index in [1.54, 1.807) is 0 Å². The van der Waals surface area contributed by atoms with Gasteiger partial charge in [-0.3, -0.25) is 9.59 Å². The number of anilines is 1. The van der Waals surface area contributed by atoms with Crippen LogP contribution in [0.4, 0.5) is 5.69 Å². The predicted octanol–water partition coefficient (Wildman–Crippen LogP) is 8.00. The van der Waals surface area contributed by atoms with Gasteiger partial charge in [-0.25, -0.2) is 0 Å². The topological polar surface area (TPSA) is 49.4 Å². The zero-order chi connectivity index (χ0) is 26.1. The first-order valence-electron chi connectivity index (χ1n) is 13.0. The van der Waals surface area contributed by atoms with Crippen LogP contribution in [0.15, 0.2) is 91.0 Å². The fourth-order valence-corrected chi connectivity index (χ4v) is 4.06. The van der Waals surface area contributed by atoms with Gasteiger partial charge in [-0.05, 0) is 42.7 Å². The zero-order valence-corrected chi connectivity index (χ0v) is 22.2. The van der Waals surface area contributed by atoms with Crippen LogP contribution in [0.3, 0.4) is 0 Å². The largest absolute Gasteiger partial charge is 0.331 e. The number of carbonyl (C=O) groups excluding carboxylic acids is 2. The van der Waals surface area contributed by atoms with Crippen molar-refractivity contribution in [2.75, 3.05) is 11.9 Å². The van der Waals surface area contributed by atoms with Crippen LogP contribution in [0.1, 0.15) is 76.3 Å². The lowest BCUT2D eigenvalue weighted by Gasteiger charge is -2.41. The molecule has 1 N–H and O–H groups in total. The minimum atomic E-state index is -0.306. The van der Waals surface area contributed by atoms with Gasteiger partial charge >= 0.3 is 0 Å². The number of nitrogens with one attached hydrogen (secondary N) is 1. The van der Waals surface area contributed by atoms with Crippen LogP contribution in [-0.4, -0.2) is 23.3 Å². The summed E-state index contributed by atoms with van der Waals surface area (Å²) in [4.78, 5) is 28.4. The molecule has 2 amide bonds. The highest BCUT2D eigenvalue weighted by molar-refractivity contribution is 5.97. The summed E-state index contributed by atoms with van der Waals surface area (Å²) in [5.74, 6) is -0.383. The Labute approximate surface area is 212 Å². The third kappa shape index (κ3) is 8.40. The number of para-hydroxylation sites is 1. The van der Waals surface area contributed by atoms with Crippen molar-refractivity contribution in [1.82, 2.24) is 4.90 Å². The maximum Gasteiger partial charge on any atom is 0.254 e. The van der Waals surface area contributed by atoms with Gasteiger partial charge in [0.15, 0.2) is 0 Å². The molecule has 3 aromatic carbocycles. The molecule has 4 nitrogen and oxygen atoms in total. The summed E-state index contributed by atoms with van der Waals surface area (Å²) in [7, 11) is 0. The van der Waals surface area contributed by atoms with Crippen LogP contribution in [0.25, 0.3) is 0 Å². The maximum atomic E-state index is 13.3. The van der Waals surface area contributed by atoms with Crippen molar-refractivity contribution in [2.24, 2.45) is 5.92 Å². The molecule has 35 heavy (non-hydrogen) atoms. The van der Waals surface area contributed by atoms with Gasteiger partial charge < -0.3 is 10.2 Å². The lowest BCUT2D eigenvalue weighted by atomic mass is 9.83. The van der Waals surface area contributed by atoms with Gasteiger partial charge in [-0.15, -0.1) is 0 Å². The summed E-state index contributed by atoms with van der Waals surface area (Å²) in [6, 6.07) is 28.4. The van der Waals surface area contributed by atoms with E-state index in [9.17, 15) is 9.59 Å². The Balaban J connectivity index is 0.000000949. The lowest BCUT2D eigenvalue weighted by molar-refractivity contribution is -0.123. The molecular weight excluding hydrogens is 432 g/mol. The Morgan fingerprint density at radius 1 is 0.714 bits per heavy atom. The predicted molar refractivity (Wildman–Crippen MR) is 149 cm³/mol. The third-order valence-corrected chi connectivity index (χ3v) is 5.43. The van der Waals surface area contributed by atoms with E-state index in [-0.39, 0.29) is 23.8 Å². The van der Waals surface area contributed by atoms with Gasteiger partial charge in [-0.1, -0.05) is 108 Å². The molecule has 0 saturated carbocycles. The minimum Gasteiger partial charge on any atom is -0.331 e. The number of hydrogen-bond acceptors (Lipinski definition) is 2. The SMILES string of the molecule is CC.CC.CC.O=C(Nc1ccccc1)[C@H]1CCCN(C(=O)c2ccccc2)[C@H]1c1ccccc1. The molecule has 0 bridgehead atoms. The number of carbonyl (C=O) groups is 2. The van der Waals surface area contributed by atoms with E-state index >= 15 is 0 Å². The Hall–Kier alpha value is -3.40. The van der Waals surface area contributed by atoms with Gasteiger partial charge in [0.2, 0.25) is 5.91 Å². The lowest BCUT2D eigenvalue weighted by Crippen LogP contribution is -2.46. The van der Waals surface area contributed by atoms with Crippen molar-refractivity contribution < 1.29 is 9.59 Å². The monoisotopic (exact) mass is 474 g/mol. The van der Waals surface area contributed by atoms with Crippen molar-refractivity contribution in [2.45, 2.75) is 60.4 Å². The second-order valence-electron chi connectivity index (χ2n) is 7.32. The molecule has 1 saturated heterocycles. The number of hydrogen-bond donors (Lipinski definition) is 1. The first-order valence-corrected chi connectivity index (χ1v) is 13.0. The molecule has 0 spiro atoms. The quantitative estimate of drug-likeness (QED) is 0.416. The van der Waals surface area contributed by atoms with Crippen LogP contribution in [0.2, 0.25) is 0 Å². The number of likely N-dealkylation sites (tertiary alicyclic amines) is 1. The van der Waals surface area contributed by atoms with E-state index in [2.05, 4.69) is 5.32 Å². The van der Waals surface area contributed by atoms with Crippen LogP contribution >= 0.6 is 0 Å². The third-order valence-electron chi connectivity index (χ3n) is 5.43. The summed E-state index contributed by atoms with van der Waals surface area (Å²) in [6.45, 7) is 12.6. The second-order valence-corrected chi connectivity index (χ2v) is 7.32. The number of amides is 2. The van der Waals surface area contributed by atoms with Gasteiger partial charge in [-0.2, -0.15) is 0 Å². The zero-order valence-electron chi connectivity index (χ0n) is 22.2. The smallest absolute Gasteiger partial charge is 0.254 e. The van der Waals surface area contributed by atoms with Crippen LogP contribution in [0.5, 0.6) is 0 Å². The highest BCUT2D eigenvalue weighted by atomic mass is 16.2. The highest BCUT2D eigenvalue weighted by Gasteiger charge is 2.39. The van der Waals surface area contributed by atoms with Gasteiger partial charge in [0.1, 0.15) is 0 Å². The number of nitrogens with zero attached hydrogens (tertiary/aromatic N) is 1. The first-order chi connectivity index (χ1) is 17.2. The maximum absolute atomic E-state index is 13.3. The number of benzene rings is 3. The van der Waals surface area contributed by atoms with E-state index in [1.807, 2.05) is 137 Å². The fraction of sp³-hybridized carbons (Fsp3) is 0.355. The Bertz CT molecular complexity index is 959. The number of piperidine rings is 1. The molecular formula is C31H42N2O2. The van der Waals surface area contributed by atoms with Crippen molar-refractivity contribution in [3.05, 3.63) is 102 Å². The van der Waals surface area contributed by atoms with Gasteiger partial charge in [0.05, 0.1) is 12.0 Å².